The molecule has 0 amide bonds. The van der Waals surface area contributed by atoms with Crippen molar-refractivity contribution < 1.29 is 9.18 Å². The zero-order valence-corrected chi connectivity index (χ0v) is 12.9. The first-order chi connectivity index (χ1) is 11.1. The number of aldehydes is 1. The van der Waals surface area contributed by atoms with Crippen molar-refractivity contribution in [2.45, 2.75) is 19.8 Å². The second-order valence-electron chi connectivity index (χ2n) is 5.58. The van der Waals surface area contributed by atoms with Crippen LogP contribution in [0.15, 0.2) is 48.5 Å². The molecule has 5 heteroatoms. The Kier molecular flexibility index (Phi) is 4.02. The molecule has 3 rings (SSSR count). The van der Waals surface area contributed by atoms with E-state index in [0.717, 1.165) is 5.69 Å². The predicted octanol–water partition coefficient (Wildman–Crippen LogP) is 4.01. The minimum atomic E-state index is -0.419. The number of aromatic nitrogens is 3. The van der Waals surface area contributed by atoms with Crippen molar-refractivity contribution in [2.24, 2.45) is 0 Å². The van der Waals surface area contributed by atoms with Crippen LogP contribution in [0.5, 0.6) is 0 Å². The molecule has 0 radical (unpaired) electrons. The van der Waals surface area contributed by atoms with E-state index in [1.807, 2.05) is 24.3 Å². The number of carbonyl (C=O) groups is 1. The molecule has 0 saturated carbocycles. The second kappa shape index (κ2) is 6.12. The van der Waals surface area contributed by atoms with E-state index >= 15 is 0 Å². The Balaban J connectivity index is 2.16. The Morgan fingerprint density at radius 3 is 2.39 bits per heavy atom. The topological polar surface area (TPSA) is 47.8 Å². The van der Waals surface area contributed by atoms with Gasteiger partial charge in [-0.15, -0.1) is 5.10 Å². The smallest absolute Gasteiger partial charge is 0.172 e. The lowest BCUT2D eigenvalue weighted by Gasteiger charge is -2.10. The van der Waals surface area contributed by atoms with Gasteiger partial charge >= 0.3 is 0 Å². The van der Waals surface area contributed by atoms with Crippen LogP contribution in [0, 0.1) is 5.82 Å². The molecular formula is C18H16FN3O. The van der Waals surface area contributed by atoms with Crippen LogP contribution in [0.4, 0.5) is 4.39 Å². The van der Waals surface area contributed by atoms with Gasteiger partial charge in [0.25, 0.3) is 0 Å². The summed E-state index contributed by atoms with van der Waals surface area (Å²) in [5, 5.41) is 7.88. The van der Waals surface area contributed by atoms with Gasteiger partial charge in [-0.3, -0.25) is 4.79 Å². The van der Waals surface area contributed by atoms with Gasteiger partial charge in [-0.1, -0.05) is 43.3 Å². The molecule has 4 nitrogen and oxygen atoms in total. The van der Waals surface area contributed by atoms with E-state index in [-0.39, 0.29) is 5.69 Å². The van der Waals surface area contributed by atoms with E-state index in [4.69, 9.17) is 0 Å². The van der Waals surface area contributed by atoms with Crippen LogP contribution in [0.2, 0.25) is 0 Å². The third-order valence-corrected chi connectivity index (χ3v) is 3.74. The summed E-state index contributed by atoms with van der Waals surface area (Å²) in [6.45, 7) is 4.22. The zero-order valence-electron chi connectivity index (χ0n) is 12.9. The molecule has 0 saturated heterocycles. The number of hydrogen-bond donors (Lipinski definition) is 0. The van der Waals surface area contributed by atoms with Gasteiger partial charge in [-0.2, -0.15) is 0 Å². The highest BCUT2D eigenvalue weighted by Crippen LogP contribution is 2.27. The maximum absolute atomic E-state index is 14.2. The highest BCUT2D eigenvalue weighted by atomic mass is 19.1. The summed E-state index contributed by atoms with van der Waals surface area (Å²) in [6.07, 6.45) is 0.591. The minimum Gasteiger partial charge on any atom is -0.296 e. The Hall–Kier alpha value is -2.82. The standard InChI is InChI=1S/C18H16FN3O/c1-12(2)13-7-9-14(10-8-13)22-18(17(11-23)20-21-22)15-5-3-4-6-16(15)19/h3-12H,1-2H3. The lowest BCUT2D eigenvalue weighted by atomic mass is 10.0. The summed E-state index contributed by atoms with van der Waals surface area (Å²) in [5.74, 6) is -0.00526. The fourth-order valence-corrected chi connectivity index (χ4v) is 2.46. The third kappa shape index (κ3) is 2.77. The normalized spacial score (nSPS) is 11.0. The predicted molar refractivity (Wildman–Crippen MR) is 86.2 cm³/mol. The van der Waals surface area contributed by atoms with Crippen LogP contribution in [-0.2, 0) is 0 Å². The quantitative estimate of drug-likeness (QED) is 0.684. The highest BCUT2D eigenvalue weighted by Gasteiger charge is 2.18. The van der Waals surface area contributed by atoms with Crippen LogP contribution in [0.3, 0.4) is 0 Å². The highest BCUT2D eigenvalue weighted by molar-refractivity contribution is 5.84. The second-order valence-corrected chi connectivity index (χ2v) is 5.58. The van der Waals surface area contributed by atoms with Gasteiger partial charge in [0.1, 0.15) is 11.5 Å². The molecule has 0 spiro atoms. The summed E-state index contributed by atoms with van der Waals surface area (Å²) in [7, 11) is 0. The lowest BCUT2D eigenvalue weighted by molar-refractivity contribution is 0.111. The molecule has 0 aliphatic heterocycles. The number of nitrogens with zero attached hydrogens (tertiary/aromatic N) is 3. The molecule has 0 unspecified atom stereocenters. The molecule has 0 fully saturated rings. The number of rotatable bonds is 4. The largest absolute Gasteiger partial charge is 0.296 e. The first-order valence-corrected chi connectivity index (χ1v) is 7.38. The minimum absolute atomic E-state index is 0.114. The lowest BCUT2D eigenvalue weighted by Crippen LogP contribution is -2.02. The van der Waals surface area contributed by atoms with Gasteiger partial charge in [0.15, 0.2) is 12.0 Å². The Morgan fingerprint density at radius 1 is 1.09 bits per heavy atom. The van der Waals surface area contributed by atoms with Crippen molar-refractivity contribution in [2.75, 3.05) is 0 Å². The van der Waals surface area contributed by atoms with Crippen LogP contribution in [0.1, 0.15) is 35.8 Å². The SMILES string of the molecule is CC(C)c1ccc(-n2nnc(C=O)c2-c2ccccc2F)cc1. The molecule has 0 aliphatic rings. The van der Waals surface area contributed by atoms with E-state index < -0.39 is 5.82 Å². The van der Waals surface area contributed by atoms with E-state index in [2.05, 4.69) is 24.2 Å². The number of carbonyl (C=O) groups excluding carboxylic acids is 1. The van der Waals surface area contributed by atoms with E-state index in [9.17, 15) is 9.18 Å². The van der Waals surface area contributed by atoms with Gasteiger partial charge < -0.3 is 0 Å². The summed E-state index contributed by atoms with van der Waals surface area (Å²) >= 11 is 0. The first-order valence-electron chi connectivity index (χ1n) is 7.38. The number of halogens is 1. The first kappa shape index (κ1) is 15.1. The maximum Gasteiger partial charge on any atom is 0.172 e. The van der Waals surface area contributed by atoms with Gasteiger partial charge in [0.05, 0.1) is 5.69 Å². The summed E-state index contributed by atoms with van der Waals surface area (Å²) < 4.78 is 15.6. The molecule has 0 atom stereocenters. The molecule has 0 bridgehead atoms. The third-order valence-electron chi connectivity index (χ3n) is 3.74. The van der Waals surface area contributed by atoms with Crippen LogP contribution in [-0.4, -0.2) is 21.3 Å². The molecule has 1 aromatic heterocycles. The molecule has 23 heavy (non-hydrogen) atoms. The average Bonchev–Trinajstić information content (AvgIpc) is 2.99. The number of benzene rings is 2. The Labute approximate surface area is 133 Å². The van der Waals surface area contributed by atoms with Gasteiger partial charge in [0, 0.05) is 5.56 Å². The monoisotopic (exact) mass is 309 g/mol. The van der Waals surface area contributed by atoms with Gasteiger partial charge in [-0.05, 0) is 35.7 Å². The van der Waals surface area contributed by atoms with Crippen molar-refractivity contribution in [3.63, 3.8) is 0 Å². The van der Waals surface area contributed by atoms with Crippen LogP contribution in [0.25, 0.3) is 16.9 Å². The Morgan fingerprint density at radius 2 is 1.78 bits per heavy atom. The molecular weight excluding hydrogens is 293 g/mol. The summed E-state index contributed by atoms with van der Waals surface area (Å²) in [6, 6.07) is 14.0. The van der Waals surface area contributed by atoms with Crippen molar-refractivity contribution in [3.8, 4) is 16.9 Å². The van der Waals surface area contributed by atoms with E-state index in [0.29, 0.717) is 23.5 Å². The molecule has 2 aromatic carbocycles. The maximum atomic E-state index is 14.2. The van der Waals surface area contributed by atoms with E-state index in [1.54, 1.807) is 18.2 Å². The van der Waals surface area contributed by atoms with Crippen molar-refractivity contribution in [3.05, 3.63) is 65.6 Å². The number of hydrogen-bond acceptors (Lipinski definition) is 3. The zero-order chi connectivity index (χ0) is 16.4. The molecule has 0 aliphatic carbocycles. The van der Waals surface area contributed by atoms with Crippen molar-refractivity contribution in [1.82, 2.24) is 15.0 Å². The molecule has 1 heterocycles. The van der Waals surface area contributed by atoms with Crippen molar-refractivity contribution >= 4 is 6.29 Å². The molecule has 116 valence electrons. The fraction of sp³-hybridized carbons (Fsp3) is 0.167. The molecule has 0 N–H and O–H groups in total. The molecule has 3 aromatic rings. The Bertz CT molecular complexity index is 838. The van der Waals surface area contributed by atoms with E-state index in [1.165, 1.54) is 16.3 Å². The van der Waals surface area contributed by atoms with Crippen LogP contribution < -0.4 is 0 Å². The van der Waals surface area contributed by atoms with Gasteiger partial charge in [0.2, 0.25) is 0 Å². The van der Waals surface area contributed by atoms with Gasteiger partial charge in [-0.25, -0.2) is 9.07 Å². The van der Waals surface area contributed by atoms with Crippen LogP contribution >= 0.6 is 0 Å². The average molecular weight is 309 g/mol. The fourth-order valence-electron chi connectivity index (χ4n) is 2.46. The van der Waals surface area contributed by atoms with Crippen molar-refractivity contribution in [1.29, 1.82) is 0 Å². The summed E-state index contributed by atoms with van der Waals surface area (Å²) in [4.78, 5) is 11.3. The summed E-state index contributed by atoms with van der Waals surface area (Å²) in [5.41, 5.74) is 2.69.